The third-order valence-corrected chi connectivity index (χ3v) is 6.62. The normalized spacial score (nSPS) is 12.5. The van der Waals surface area contributed by atoms with E-state index in [1.54, 1.807) is 12.1 Å². The number of hydrogen-bond donors (Lipinski definition) is 5. The number of nitro groups is 1. The molecule has 0 amide bonds. The van der Waals surface area contributed by atoms with Crippen LogP contribution in [0.25, 0.3) is 0 Å². The molecule has 0 aliphatic heterocycles. The Bertz CT molecular complexity index is 1030. The van der Waals surface area contributed by atoms with E-state index in [1.807, 2.05) is 55.5 Å². The number of rotatable bonds is 11. The van der Waals surface area contributed by atoms with Crippen molar-refractivity contribution < 1.29 is 10.0 Å². The fourth-order valence-electron chi connectivity index (χ4n) is 3.72. The number of nitro benzene ring substituents is 1. The molecule has 0 aliphatic rings. The van der Waals surface area contributed by atoms with Gasteiger partial charge in [0, 0.05) is 53.5 Å². The van der Waals surface area contributed by atoms with Gasteiger partial charge in [0.1, 0.15) is 0 Å². The molecule has 3 aromatic carbocycles. The summed E-state index contributed by atoms with van der Waals surface area (Å²) >= 11 is 9.02. The van der Waals surface area contributed by atoms with E-state index in [9.17, 15) is 15.2 Å². The molecule has 0 saturated carbocycles. The Morgan fingerprint density at radius 3 is 1.76 bits per heavy atom. The number of thiol groups is 2. The summed E-state index contributed by atoms with van der Waals surface area (Å²) in [5.41, 5.74) is 2.19. The van der Waals surface area contributed by atoms with Gasteiger partial charge in [0.05, 0.1) is 11.0 Å². The summed E-state index contributed by atoms with van der Waals surface area (Å²) in [7, 11) is 0. The van der Waals surface area contributed by atoms with Gasteiger partial charge in [-0.1, -0.05) is 43.3 Å². The van der Waals surface area contributed by atoms with E-state index in [0.29, 0.717) is 31.7 Å². The highest BCUT2D eigenvalue weighted by Gasteiger charge is 2.34. The summed E-state index contributed by atoms with van der Waals surface area (Å²) in [5.74, 6) is 0. The molecule has 3 aromatic rings. The van der Waals surface area contributed by atoms with Crippen molar-refractivity contribution in [2.24, 2.45) is 5.41 Å². The first-order chi connectivity index (χ1) is 15.8. The van der Waals surface area contributed by atoms with Gasteiger partial charge in [0.15, 0.2) is 0 Å². The van der Waals surface area contributed by atoms with E-state index < -0.39 is 16.4 Å². The Morgan fingerprint density at radius 1 is 0.879 bits per heavy atom. The van der Waals surface area contributed by atoms with E-state index in [-0.39, 0.29) is 5.69 Å². The molecule has 0 aliphatic carbocycles. The van der Waals surface area contributed by atoms with Gasteiger partial charge in [0.25, 0.3) is 5.69 Å². The second-order valence-electron chi connectivity index (χ2n) is 8.37. The zero-order chi connectivity index (χ0) is 23.8. The van der Waals surface area contributed by atoms with Crippen LogP contribution >= 0.6 is 25.3 Å². The number of hydrogen-bond acceptors (Lipinski definition) is 7. The Morgan fingerprint density at radius 2 is 1.33 bits per heavy atom. The van der Waals surface area contributed by atoms with Crippen LogP contribution in [-0.4, -0.2) is 23.1 Å². The average molecular weight is 484 g/mol. The van der Waals surface area contributed by atoms with E-state index >= 15 is 0 Å². The van der Waals surface area contributed by atoms with Gasteiger partial charge >= 0.3 is 0 Å². The lowest BCUT2D eigenvalue weighted by molar-refractivity contribution is -0.384. The Kier molecular flexibility index (Phi) is 8.94. The first-order valence-corrected chi connectivity index (χ1v) is 11.6. The van der Waals surface area contributed by atoms with E-state index in [4.69, 9.17) is 0 Å². The fraction of sp³-hybridized carbons (Fsp3) is 0.280. The van der Waals surface area contributed by atoms with Crippen LogP contribution in [0, 0.1) is 15.5 Å². The molecule has 3 N–H and O–H groups in total. The minimum Gasteiger partial charge on any atom is -0.388 e. The topological polar surface area (TPSA) is 87.4 Å². The van der Waals surface area contributed by atoms with Crippen LogP contribution in [0.5, 0.6) is 0 Å². The number of nitrogens with one attached hydrogen (secondary N) is 2. The van der Waals surface area contributed by atoms with Crippen LogP contribution in [0.1, 0.15) is 29.7 Å². The quantitative estimate of drug-likeness (QED) is 0.154. The number of benzene rings is 3. The first kappa shape index (κ1) is 25.3. The van der Waals surface area contributed by atoms with Crippen LogP contribution in [-0.2, 0) is 13.1 Å². The molecule has 8 heteroatoms. The summed E-state index contributed by atoms with van der Waals surface area (Å²) in [4.78, 5) is 12.4. The van der Waals surface area contributed by atoms with Gasteiger partial charge in [-0.05, 0) is 41.0 Å². The number of aliphatic hydroxyl groups is 1. The molecule has 174 valence electrons. The summed E-state index contributed by atoms with van der Waals surface area (Å²) < 4.78 is 0. The van der Waals surface area contributed by atoms with Crippen LogP contribution in [0.15, 0.2) is 82.6 Å². The monoisotopic (exact) mass is 483 g/mol. The van der Waals surface area contributed by atoms with Gasteiger partial charge in [-0.25, -0.2) is 0 Å². The largest absolute Gasteiger partial charge is 0.388 e. The van der Waals surface area contributed by atoms with Crippen molar-refractivity contribution in [1.82, 2.24) is 10.6 Å². The first-order valence-electron chi connectivity index (χ1n) is 10.7. The van der Waals surface area contributed by atoms with Crippen LogP contribution in [0.3, 0.4) is 0 Å². The second kappa shape index (κ2) is 11.7. The summed E-state index contributed by atoms with van der Waals surface area (Å²) in [6.45, 7) is 4.26. The second-order valence-corrected chi connectivity index (χ2v) is 9.33. The van der Waals surface area contributed by atoms with Crippen LogP contribution in [0.4, 0.5) is 5.69 Å². The summed E-state index contributed by atoms with van der Waals surface area (Å²) in [5, 5.41) is 29.2. The molecular formula is C25H29N3O3S2. The maximum absolute atomic E-state index is 11.3. The lowest BCUT2D eigenvalue weighted by Gasteiger charge is -2.35. The Labute approximate surface area is 205 Å². The van der Waals surface area contributed by atoms with Crippen molar-refractivity contribution in [1.29, 1.82) is 0 Å². The Hall–Kier alpha value is -2.36. The lowest BCUT2D eigenvalue weighted by atomic mass is 9.80. The predicted octanol–water partition coefficient (Wildman–Crippen LogP) is 4.79. The van der Waals surface area contributed by atoms with Crippen molar-refractivity contribution in [3.63, 3.8) is 0 Å². The van der Waals surface area contributed by atoms with Crippen LogP contribution in [0.2, 0.25) is 0 Å². The zero-order valence-corrected chi connectivity index (χ0v) is 20.2. The maximum Gasteiger partial charge on any atom is 0.269 e. The highest BCUT2D eigenvalue weighted by atomic mass is 32.1. The third kappa shape index (κ3) is 6.82. The number of non-ortho nitro benzene ring substituents is 1. The average Bonchev–Trinajstić information content (AvgIpc) is 2.81. The molecule has 0 heterocycles. The molecule has 0 radical (unpaired) electrons. The highest BCUT2D eigenvalue weighted by Crippen LogP contribution is 2.34. The Balaban J connectivity index is 1.74. The van der Waals surface area contributed by atoms with Gasteiger partial charge in [-0.15, -0.1) is 25.3 Å². The molecule has 3 rings (SSSR count). The molecular weight excluding hydrogens is 454 g/mol. The van der Waals surface area contributed by atoms with E-state index in [1.165, 1.54) is 12.1 Å². The fourth-order valence-corrected chi connectivity index (χ4v) is 4.20. The molecule has 0 spiro atoms. The smallest absolute Gasteiger partial charge is 0.269 e. The van der Waals surface area contributed by atoms with Crippen molar-refractivity contribution >= 4 is 30.9 Å². The van der Waals surface area contributed by atoms with Gasteiger partial charge in [-0.3, -0.25) is 10.1 Å². The maximum atomic E-state index is 11.3. The molecule has 0 fully saturated rings. The third-order valence-electron chi connectivity index (χ3n) is 5.75. The predicted molar refractivity (Wildman–Crippen MR) is 137 cm³/mol. The minimum absolute atomic E-state index is 0.000301. The molecule has 0 bridgehead atoms. The van der Waals surface area contributed by atoms with Crippen molar-refractivity contribution in [3.05, 3.63) is 99.6 Å². The highest BCUT2D eigenvalue weighted by molar-refractivity contribution is 7.80. The van der Waals surface area contributed by atoms with Gasteiger partial charge in [-0.2, -0.15) is 0 Å². The van der Waals surface area contributed by atoms with E-state index in [2.05, 4.69) is 35.9 Å². The van der Waals surface area contributed by atoms with Crippen molar-refractivity contribution in [2.75, 3.05) is 13.1 Å². The van der Waals surface area contributed by atoms with E-state index in [0.717, 1.165) is 20.9 Å². The molecule has 0 aromatic heterocycles. The lowest BCUT2D eigenvalue weighted by Crippen LogP contribution is -2.44. The molecule has 33 heavy (non-hydrogen) atoms. The summed E-state index contributed by atoms with van der Waals surface area (Å²) in [6.07, 6.45) is -0.837. The number of nitrogens with zero attached hydrogens (tertiary/aromatic N) is 1. The zero-order valence-electron chi connectivity index (χ0n) is 18.4. The molecule has 6 nitrogen and oxygen atoms in total. The molecule has 1 unspecified atom stereocenters. The standard InChI is InChI=1S/C25H29N3O3S2/c1-25(16-26-14-19-6-2-4-8-22(19)32,17-27-15-20-7-3-5-9-23(20)33)24(29)18-10-12-21(13-11-18)28(30)31/h2-13,24,26-27,29,32-33H,14-17H2,1H3. The molecule has 0 saturated heterocycles. The summed E-state index contributed by atoms with van der Waals surface area (Å²) in [6, 6.07) is 21.8. The minimum atomic E-state index is -0.837. The van der Waals surface area contributed by atoms with Gasteiger partial charge in [0.2, 0.25) is 0 Å². The van der Waals surface area contributed by atoms with Crippen molar-refractivity contribution in [2.45, 2.75) is 35.9 Å². The van der Waals surface area contributed by atoms with Crippen molar-refractivity contribution in [3.8, 4) is 0 Å². The number of aliphatic hydroxyl groups excluding tert-OH is 1. The van der Waals surface area contributed by atoms with Gasteiger partial charge < -0.3 is 15.7 Å². The molecule has 1 atom stereocenters. The SMILES string of the molecule is CC(CNCc1ccccc1S)(CNCc1ccccc1S)C(O)c1ccc([N+](=O)[O-])cc1. The van der Waals surface area contributed by atoms with Crippen LogP contribution < -0.4 is 10.6 Å².